The van der Waals surface area contributed by atoms with Crippen molar-refractivity contribution in [3.8, 4) is 5.75 Å². The minimum Gasteiger partial charge on any atom is -0.508 e. The van der Waals surface area contributed by atoms with Crippen LogP contribution < -0.4 is 0 Å². The van der Waals surface area contributed by atoms with Gasteiger partial charge in [0.05, 0.1) is 6.61 Å². The molecule has 3 nitrogen and oxygen atoms in total. The van der Waals surface area contributed by atoms with Crippen molar-refractivity contribution in [1.82, 2.24) is 4.90 Å². The lowest BCUT2D eigenvalue weighted by molar-refractivity contribution is 0.134. The molecule has 1 N–H and O–H groups in total. The molecule has 88 valence electrons. The Balaban J connectivity index is 2.07. The van der Waals surface area contributed by atoms with E-state index in [9.17, 15) is 5.11 Å². The third kappa shape index (κ3) is 2.74. The number of phenolic OH excluding ortho intramolecular Hbond substituents is 1. The van der Waals surface area contributed by atoms with Gasteiger partial charge in [0, 0.05) is 25.7 Å². The van der Waals surface area contributed by atoms with Crippen molar-refractivity contribution >= 4 is 0 Å². The van der Waals surface area contributed by atoms with Gasteiger partial charge in [-0.05, 0) is 31.0 Å². The molecule has 1 unspecified atom stereocenters. The summed E-state index contributed by atoms with van der Waals surface area (Å²) >= 11 is 0. The maximum Gasteiger partial charge on any atom is 0.115 e. The fourth-order valence-electron chi connectivity index (χ4n) is 2.15. The van der Waals surface area contributed by atoms with Crippen LogP contribution in [-0.4, -0.2) is 36.3 Å². The fourth-order valence-corrected chi connectivity index (χ4v) is 2.15. The standard InChI is InChI=1S/C13H19NO2/c1-11(12-4-2-5-13(15)10-12)14-6-3-8-16-9-7-14/h2,4-5,10-11,15H,3,6-9H2,1H3. The van der Waals surface area contributed by atoms with E-state index in [1.54, 1.807) is 6.07 Å². The Bertz CT molecular complexity index is 332. The first-order chi connectivity index (χ1) is 7.77. The van der Waals surface area contributed by atoms with Gasteiger partial charge in [-0.1, -0.05) is 12.1 Å². The SMILES string of the molecule is CC(c1cccc(O)c1)N1CCCOCC1. The van der Waals surface area contributed by atoms with E-state index in [1.165, 1.54) is 5.56 Å². The van der Waals surface area contributed by atoms with Crippen molar-refractivity contribution < 1.29 is 9.84 Å². The normalized spacial score (nSPS) is 20.3. The van der Waals surface area contributed by atoms with E-state index in [2.05, 4.69) is 17.9 Å². The van der Waals surface area contributed by atoms with Crippen molar-refractivity contribution in [2.45, 2.75) is 19.4 Å². The van der Waals surface area contributed by atoms with E-state index in [1.807, 2.05) is 12.1 Å². The molecular weight excluding hydrogens is 202 g/mol. The topological polar surface area (TPSA) is 32.7 Å². The van der Waals surface area contributed by atoms with Gasteiger partial charge in [-0.3, -0.25) is 4.90 Å². The van der Waals surface area contributed by atoms with Crippen LogP contribution in [0.3, 0.4) is 0 Å². The van der Waals surface area contributed by atoms with Crippen LogP contribution in [0.4, 0.5) is 0 Å². The highest BCUT2D eigenvalue weighted by atomic mass is 16.5. The summed E-state index contributed by atoms with van der Waals surface area (Å²) in [5, 5.41) is 9.47. The lowest BCUT2D eigenvalue weighted by atomic mass is 10.1. The van der Waals surface area contributed by atoms with Crippen molar-refractivity contribution in [1.29, 1.82) is 0 Å². The van der Waals surface area contributed by atoms with Crippen LogP contribution in [0, 0.1) is 0 Å². The third-order valence-corrected chi connectivity index (χ3v) is 3.16. The molecule has 1 fully saturated rings. The molecule has 0 spiro atoms. The Morgan fingerprint density at radius 1 is 1.31 bits per heavy atom. The summed E-state index contributed by atoms with van der Waals surface area (Å²) in [4.78, 5) is 2.40. The highest BCUT2D eigenvalue weighted by molar-refractivity contribution is 5.29. The highest BCUT2D eigenvalue weighted by Gasteiger charge is 2.17. The molecule has 0 aliphatic carbocycles. The molecule has 1 atom stereocenters. The maximum absolute atomic E-state index is 9.47. The Morgan fingerprint density at radius 3 is 3.00 bits per heavy atom. The predicted molar refractivity (Wildman–Crippen MR) is 63.5 cm³/mol. The van der Waals surface area contributed by atoms with E-state index < -0.39 is 0 Å². The lowest BCUT2D eigenvalue weighted by Crippen LogP contribution is -2.29. The molecule has 0 bridgehead atoms. The Hall–Kier alpha value is -1.06. The molecule has 16 heavy (non-hydrogen) atoms. The zero-order valence-corrected chi connectivity index (χ0v) is 9.72. The number of hydrogen-bond donors (Lipinski definition) is 1. The molecule has 0 saturated carbocycles. The first-order valence-electron chi connectivity index (χ1n) is 5.88. The van der Waals surface area contributed by atoms with Gasteiger partial charge in [0.15, 0.2) is 0 Å². The molecule has 1 aliphatic rings. The second-order valence-corrected chi connectivity index (χ2v) is 4.27. The van der Waals surface area contributed by atoms with Gasteiger partial charge in [0.25, 0.3) is 0 Å². The monoisotopic (exact) mass is 221 g/mol. The zero-order chi connectivity index (χ0) is 11.4. The average molecular weight is 221 g/mol. The number of phenols is 1. The van der Waals surface area contributed by atoms with Gasteiger partial charge < -0.3 is 9.84 Å². The first-order valence-corrected chi connectivity index (χ1v) is 5.88. The van der Waals surface area contributed by atoms with Crippen LogP contribution in [0.15, 0.2) is 24.3 Å². The molecule has 0 amide bonds. The summed E-state index contributed by atoms with van der Waals surface area (Å²) in [6.45, 7) is 5.89. The van der Waals surface area contributed by atoms with Crippen LogP contribution in [0.2, 0.25) is 0 Å². The van der Waals surface area contributed by atoms with Gasteiger partial charge in [-0.25, -0.2) is 0 Å². The van der Waals surface area contributed by atoms with Gasteiger partial charge in [0.2, 0.25) is 0 Å². The summed E-state index contributed by atoms with van der Waals surface area (Å²) in [7, 11) is 0. The summed E-state index contributed by atoms with van der Waals surface area (Å²) in [5.74, 6) is 0.343. The molecule has 0 radical (unpaired) electrons. The minimum absolute atomic E-state index is 0.341. The molecule has 1 heterocycles. The van der Waals surface area contributed by atoms with Crippen LogP contribution in [0.25, 0.3) is 0 Å². The van der Waals surface area contributed by atoms with E-state index in [-0.39, 0.29) is 0 Å². The second-order valence-electron chi connectivity index (χ2n) is 4.27. The molecule has 1 aliphatic heterocycles. The van der Waals surface area contributed by atoms with E-state index in [0.29, 0.717) is 11.8 Å². The lowest BCUT2D eigenvalue weighted by Gasteiger charge is -2.27. The summed E-state index contributed by atoms with van der Waals surface area (Å²) in [5.41, 5.74) is 1.17. The smallest absolute Gasteiger partial charge is 0.115 e. The van der Waals surface area contributed by atoms with Crippen LogP contribution in [0.1, 0.15) is 24.9 Å². The van der Waals surface area contributed by atoms with Gasteiger partial charge >= 0.3 is 0 Å². The quantitative estimate of drug-likeness (QED) is 0.830. The van der Waals surface area contributed by atoms with Gasteiger partial charge in [-0.15, -0.1) is 0 Å². The highest BCUT2D eigenvalue weighted by Crippen LogP contribution is 2.23. The van der Waals surface area contributed by atoms with E-state index >= 15 is 0 Å². The fraction of sp³-hybridized carbons (Fsp3) is 0.538. The number of aromatic hydroxyl groups is 1. The Labute approximate surface area is 96.6 Å². The predicted octanol–water partition coefficient (Wildman–Crippen LogP) is 2.18. The molecule has 0 aromatic heterocycles. The molecule has 1 aromatic carbocycles. The number of rotatable bonds is 2. The summed E-state index contributed by atoms with van der Waals surface area (Å²) < 4.78 is 5.44. The zero-order valence-electron chi connectivity index (χ0n) is 9.72. The molecule has 1 aromatic rings. The Kier molecular flexibility index (Phi) is 3.80. The number of hydrogen-bond acceptors (Lipinski definition) is 3. The van der Waals surface area contributed by atoms with Crippen LogP contribution in [-0.2, 0) is 4.74 Å². The van der Waals surface area contributed by atoms with Gasteiger partial charge in [-0.2, -0.15) is 0 Å². The number of benzene rings is 1. The molecule has 2 rings (SSSR count). The summed E-state index contributed by atoms with van der Waals surface area (Å²) in [6.07, 6.45) is 1.09. The largest absolute Gasteiger partial charge is 0.508 e. The first kappa shape index (κ1) is 11.4. The maximum atomic E-state index is 9.47. The number of nitrogens with zero attached hydrogens (tertiary/aromatic N) is 1. The average Bonchev–Trinajstić information content (AvgIpc) is 2.56. The second kappa shape index (κ2) is 5.32. The molecule has 1 saturated heterocycles. The summed E-state index contributed by atoms with van der Waals surface area (Å²) in [6, 6.07) is 7.86. The third-order valence-electron chi connectivity index (χ3n) is 3.16. The minimum atomic E-state index is 0.341. The number of ether oxygens (including phenoxy) is 1. The van der Waals surface area contributed by atoms with Gasteiger partial charge in [0.1, 0.15) is 5.75 Å². The molecule has 3 heteroatoms. The van der Waals surface area contributed by atoms with E-state index in [4.69, 9.17) is 4.74 Å². The van der Waals surface area contributed by atoms with Crippen molar-refractivity contribution in [3.05, 3.63) is 29.8 Å². The van der Waals surface area contributed by atoms with Crippen molar-refractivity contribution in [2.24, 2.45) is 0 Å². The molecular formula is C13H19NO2. The Morgan fingerprint density at radius 2 is 2.19 bits per heavy atom. The van der Waals surface area contributed by atoms with Crippen molar-refractivity contribution in [2.75, 3.05) is 26.3 Å². The van der Waals surface area contributed by atoms with Crippen LogP contribution >= 0.6 is 0 Å². The van der Waals surface area contributed by atoms with E-state index in [0.717, 1.165) is 32.7 Å². The van der Waals surface area contributed by atoms with Crippen molar-refractivity contribution in [3.63, 3.8) is 0 Å². The van der Waals surface area contributed by atoms with Crippen LogP contribution in [0.5, 0.6) is 5.75 Å².